The van der Waals surface area contributed by atoms with Gasteiger partial charge in [0.25, 0.3) is 10.0 Å². The number of sulfonamides is 1. The summed E-state index contributed by atoms with van der Waals surface area (Å²) in [5.41, 5.74) is 3.67. The molecule has 2 heterocycles. The van der Waals surface area contributed by atoms with Gasteiger partial charge in [0, 0.05) is 23.0 Å². The third kappa shape index (κ3) is 4.53. The van der Waals surface area contributed by atoms with Crippen molar-refractivity contribution in [2.75, 3.05) is 18.4 Å². The maximum Gasteiger partial charge on any atom is 0.340 e. The van der Waals surface area contributed by atoms with Gasteiger partial charge in [-0.15, -0.1) is 11.3 Å². The van der Waals surface area contributed by atoms with E-state index in [4.69, 9.17) is 4.74 Å². The minimum Gasteiger partial charge on any atom is -0.465 e. The van der Waals surface area contributed by atoms with Crippen molar-refractivity contribution < 1.29 is 22.7 Å². The summed E-state index contributed by atoms with van der Waals surface area (Å²) in [5, 5.41) is 0. The van der Waals surface area contributed by atoms with Gasteiger partial charge in [-0.2, -0.15) is 0 Å². The fraction of sp³-hybridized carbons (Fsp3) is 0.500. The molecule has 1 aromatic heterocycles. The van der Waals surface area contributed by atoms with Crippen molar-refractivity contribution in [3.05, 3.63) is 45.3 Å². The van der Waals surface area contributed by atoms with Gasteiger partial charge in [0.15, 0.2) is 4.21 Å². The number of benzene rings is 1. The summed E-state index contributed by atoms with van der Waals surface area (Å²) < 4.78 is 34.3. The first kappa shape index (κ1) is 23.8. The number of carbonyl (C=O) groups excluding carboxylic acids is 2. The van der Waals surface area contributed by atoms with Crippen LogP contribution in [0.25, 0.3) is 0 Å². The average molecular weight is 491 g/mol. The van der Waals surface area contributed by atoms with Crippen molar-refractivity contribution in [1.82, 2.24) is 4.90 Å². The Morgan fingerprint density at radius 2 is 1.88 bits per heavy atom. The van der Waals surface area contributed by atoms with E-state index in [1.165, 1.54) is 12.7 Å². The molecule has 0 spiro atoms. The van der Waals surface area contributed by atoms with Gasteiger partial charge < -0.3 is 9.64 Å². The molecule has 1 aliphatic heterocycles. The molecule has 0 fully saturated rings. The maximum absolute atomic E-state index is 13.4. The van der Waals surface area contributed by atoms with Crippen molar-refractivity contribution in [3.8, 4) is 0 Å². The van der Waals surface area contributed by atoms with E-state index in [0.717, 1.165) is 53.9 Å². The van der Waals surface area contributed by atoms with E-state index in [2.05, 4.69) is 4.72 Å². The summed E-state index contributed by atoms with van der Waals surface area (Å²) in [6.45, 7) is 4.77. The van der Waals surface area contributed by atoms with E-state index in [9.17, 15) is 18.0 Å². The number of anilines is 1. The van der Waals surface area contributed by atoms with Crippen LogP contribution in [0.3, 0.4) is 0 Å². The third-order valence-corrected chi connectivity index (χ3v) is 9.77. The molecule has 0 unspecified atom stereocenters. The van der Waals surface area contributed by atoms with Crippen LogP contribution in [0.5, 0.6) is 0 Å². The second kappa shape index (κ2) is 9.46. The number of esters is 1. The molecular weight excluding hydrogens is 460 g/mol. The molecule has 1 N–H and O–H groups in total. The lowest BCUT2D eigenvalue weighted by Gasteiger charge is -2.30. The summed E-state index contributed by atoms with van der Waals surface area (Å²) in [4.78, 5) is 28.1. The Morgan fingerprint density at radius 3 is 2.58 bits per heavy atom. The number of carbonyl (C=O) groups is 2. The highest BCUT2D eigenvalue weighted by Gasteiger charge is 2.36. The summed E-state index contributed by atoms with van der Waals surface area (Å²) in [5.74, 6) is -0.628. The molecular formula is C24H30N2O5S2. The SMILES string of the molecule is CCC(CC)C(=O)N1CCc2c(sc(S(=O)(=O)Nc3ccc4c(c3)CCC4)c2C(=O)OC)C1. The van der Waals surface area contributed by atoms with E-state index in [1.807, 2.05) is 26.0 Å². The summed E-state index contributed by atoms with van der Waals surface area (Å²) in [6, 6.07) is 5.60. The molecule has 1 aliphatic carbocycles. The van der Waals surface area contributed by atoms with Gasteiger partial charge in [-0.05, 0) is 67.3 Å². The van der Waals surface area contributed by atoms with Gasteiger partial charge in [-0.1, -0.05) is 19.9 Å². The Balaban J connectivity index is 1.67. The van der Waals surface area contributed by atoms with E-state index < -0.39 is 16.0 Å². The zero-order valence-electron chi connectivity index (χ0n) is 19.3. The lowest BCUT2D eigenvalue weighted by Crippen LogP contribution is -2.39. The molecule has 0 saturated carbocycles. The van der Waals surface area contributed by atoms with Crippen molar-refractivity contribution in [2.45, 2.75) is 63.1 Å². The van der Waals surface area contributed by atoms with Gasteiger partial charge >= 0.3 is 5.97 Å². The minimum absolute atomic E-state index is 0.0447. The van der Waals surface area contributed by atoms with Crippen LogP contribution in [0.4, 0.5) is 5.69 Å². The number of ether oxygens (including phenoxy) is 1. The molecule has 2 aliphatic rings. The number of rotatable bonds is 7. The molecule has 2 aromatic rings. The molecule has 0 atom stereocenters. The van der Waals surface area contributed by atoms with Crippen molar-refractivity contribution in [2.24, 2.45) is 5.92 Å². The Morgan fingerprint density at radius 1 is 1.15 bits per heavy atom. The number of hydrogen-bond acceptors (Lipinski definition) is 6. The fourth-order valence-corrected chi connectivity index (χ4v) is 7.75. The average Bonchev–Trinajstić information content (AvgIpc) is 3.43. The van der Waals surface area contributed by atoms with Crippen LogP contribution in [0.15, 0.2) is 22.4 Å². The van der Waals surface area contributed by atoms with Crippen LogP contribution in [0, 0.1) is 5.92 Å². The number of amides is 1. The number of aryl methyl sites for hydroxylation is 2. The Hall–Kier alpha value is -2.39. The number of methoxy groups -OCH3 is 1. The van der Waals surface area contributed by atoms with Crippen LogP contribution in [-0.2, 0) is 45.4 Å². The van der Waals surface area contributed by atoms with E-state index in [-0.39, 0.29) is 21.6 Å². The van der Waals surface area contributed by atoms with Gasteiger partial charge in [-0.25, -0.2) is 13.2 Å². The Labute approximate surface area is 199 Å². The molecule has 0 bridgehead atoms. The normalized spacial score (nSPS) is 15.3. The first-order chi connectivity index (χ1) is 15.8. The zero-order chi connectivity index (χ0) is 23.8. The van der Waals surface area contributed by atoms with Crippen LogP contribution < -0.4 is 4.72 Å². The monoisotopic (exact) mass is 490 g/mol. The molecule has 1 amide bonds. The van der Waals surface area contributed by atoms with Crippen LogP contribution in [0.2, 0.25) is 0 Å². The van der Waals surface area contributed by atoms with Crippen LogP contribution >= 0.6 is 11.3 Å². The minimum atomic E-state index is -4.01. The molecule has 0 radical (unpaired) electrons. The van der Waals surface area contributed by atoms with Gasteiger partial charge in [0.05, 0.1) is 19.2 Å². The first-order valence-corrected chi connectivity index (χ1v) is 13.7. The highest BCUT2D eigenvalue weighted by atomic mass is 32.2. The fourth-order valence-electron chi connectivity index (χ4n) is 4.80. The number of hydrogen-bond donors (Lipinski definition) is 1. The second-order valence-corrected chi connectivity index (χ2v) is 11.6. The zero-order valence-corrected chi connectivity index (χ0v) is 20.9. The lowest BCUT2D eigenvalue weighted by atomic mass is 9.98. The number of nitrogens with one attached hydrogen (secondary N) is 1. The van der Waals surface area contributed by atoms with Gasteiger partial charge in [0.1, 0.15) is 0 Å². The molecule has 7 nitrogen and oxygen atoms in total. The number of nitrogens with zero attached hydrogens (tertiary/aromatic N) is 1. The predicted molar refractivity (Wildman–Crippen MR) is 128 cm³/mol. The van der Waals surface area contributed by atoms with Crippen LogP contribution in [-0.4, -0.2) is 38.8 Å². The maximum atomic E-state index is 13.4. The third-order valence-electron chi connectivity index (χ3n) is 6.66. The second-order valence-electron chi connectivity index (χ2n) is 8.62. The Kier molecular flexibility index (Phi) is 6.81. The molecule has 178 valence electrons. The summed E-state index contributed by atoms with van der Waals surface area (Å²) >= 11 is 1.06. The molecule has 9 heteroatoms. The van der Waals surface area contributed by atoms with Gasteiger partial charge in [0.2, 0.25) is 5.91 Å². The quantitative estimate of drug-likeness (QED) is 0.589. The molecule has 33 heavy (non-hydrogen) atoms. The Bertz CT molecular complexity index is 1180. The van der Waals surface area contributed by atoms with E-state index >= 15 is 0 Å². The molecule has 1 aromatic carbocycles. The highest BCUT2D eigenvalue weighted by Crippen LogP contribution is 2.38. The summed E-state index contributed by atoms with van der Waals surface area (Å²) in [6.07, 6.45) is 4.98. The van der Waals surface area contributed by atoms with Gasteiger partial charge in [-0.3, -0.25) is 9.52 Å². The van der Waals surface area contributed by atoms with E-state index in [1.54, 1.807) is 11.0 Å². The highest BCUT2D eigenvalue weighted by molar-refractivity contribution is 7.94. The van der Waals surface area contributed by atoms with E-state index in [0.29, 0.717) is 30.8 Å². The van der Waals surface area contributed by atoms with Crippen molar-refractivity contribution in [1.29, 1.82) is 0 Å². The first-order valence-electron chi connectivity index (χ1n) is 11.4. The molecule has 4 rings (SSSR count). The topological polar surface area (TPSA) is 92.8 Å². The number of fused-ring (bicyclic) bond motifs is 2. The lowest BCUT2D eigenvalue weighted by molar-refractivity contribution is -0.136. The number of thiophene rings is 1. The standard InChI is InChI=1S/C24H30N2O5S2/c1-4-15(5-2)22(27)26-12-11-19-20(14-26)32-24(21(19)23(28)31-3)33(29,30)25-18-10-9-16-7-6-8-17(16)13-18/h9-10,13,15,25H,4-8,11-12,14H2,1-3H3. The smallest absolute Gasteiger partial charge is 0.340 e. The van der Waals surface area contributed by atoms with Crippen molar-refractivity contribution >= 4 is 38.9 Å². The van der Waals surface area contributed by atoms with Crippen LogP contribution in [0.1, 0.15) is 65.0 Å². The molecule has 0 saturated heterocycles. The largest absolute Gasteiger partial charge is 0.465 e. The summed E-state index contributed by atoms with van der Waals surface area (Å²) in [7, 11) is -2.76. The van der Waals surface area contributed by atoms with Crippen molar-refractivity contribution in [3.63, 3.8) is 0 Å². The predicted octanol–water partition coefficient (Wildman–Crippen LogP) is 4.15.